The molecule has 0 aromatic heterocycles. The fourth-order valence-electron chi connectivity index (χ4n) is 2.09. The molecule has 0 rings (SSSR count). The molecule has 0 aliphatic carbocycles. The second-order valence-corrected chi connectivity index (χ2v) is 5.80. The molecule has 0 aromatic rings. The monoisotopic (exact) mass is 371 g/mol. The van der Waals surface area contributed by atoms with Gasteiger partial charge in [-0.2, -0.15) is 0 Å². The average Bonchev–Trinajstić information content (AvgIpc) is 2.53. The van der Waals surface area contributed by atoms with Crippen LogP contribution in [0.1, 0.15) is 40.0 Å². The van der Waals surface area contributed by atoms with Gasteiger partial charge >= 0.3 is 0 Å². The zero-order valence-electron chi connectivity index (χ0n) is 15.4. The molecule has 148 valence electrons. The summed E-state index contributed by atoms with van der Waals surface area (Å²) in [6, 6.07) is -2.59. The van der Waals surface area contributed by atoms with Crippen LogP contribution in [0.4, 0.5) is 0 Å². The van der Waals surface area contributed by atoms with E-state index in [-0.39, 0.29) is 24.8 Å². The number of guanidine groups is 1. The molecule has 26 heavy (non-hydrogen) atoms. The second kappa shape index (κ2) is 11.7. The van der Waals surface area contributed by atoms with Gasteiger partial charge in [0.25, 0.3) is 0 Å². The Morgan fingerprint density at radius 3 is 2.00 bits per heavy atom. The predicted molar refractivity (Wildman–Crippen MR) is 96.5 cm³/mol. The fraction of sp³-hybridized carbons (Fsp3) is 0.667. The number of hydrogen-bond donors (Lipinski definition) is 6. The van der Waals surface area contributed by atoms with E-state index in [0.717, 1.165) is 0 Å². The van der Waals surface area contributed by atoms with Gasteiger partial charge in [-0.05, 0) is 26.2 Å². The summed E-state index contributed by atoms with van der Waals surface area (Å²) in [5.41, 5.74) is 15.7. The lowest BCUT2D eigenvalue weighted by molar-refractivity contribution is -0.133. The minimum atomic E-state index is -0.929. The van der Waals surface area contributed by atoms with Crippen LogP contribution in [0.25, 0.3) is 0 Å². The first-order chi connectivity index (χ1) is 12.1. The minimum Gasteiger partial charge on any atom is -0.370 e. The number of aliphatic imine (C=N–C) groups is 1. The smallest absolute Gasteiger partial charge is 0.243 e. The van der Waals surface area contributed by atoms with Gasteiger partial charge in [-0.15, -0.1) is 0 Å². The molecular weight excluding hydrogens is 342 g/mol. The van der Waals surface area contributed by atoms with Crippen LogP contribution in [0.5, 0.6) is 0 Å². The van der Waals surface area contributed by atoms with Crippen LogP contribution in [0.15, 0.2) is 4.99 Å². The van der Waals surface area contributed by atoms with Crippen LogP contribution in [-0.4, -0.2) is 54.3 Å². The van der Waals surface area contributed by atoms with Gasteiger partial charge in [0.05, 0.1) is 0 Å². The van der Waals surface area contributed by atoms with E-state index < -0.39 is 35.8 Å². The van der Waals surface area contributed by atoms with Crippen molar-refractivity contribution in [3.05, 3.63) is 0 Å². The summed E-state index contributed by atoms with van der Waals surface area (Å²) in [6.07, 6.45) is 0.965. The van der Waals surface area contributed by atoms with E-state index in [2.05, 4.69) is 20.9 Å². The molecule has 0 radical (unpaired) electrons. The van der Waals surface area contributed by atoms with Crippen LogP contribution in [0, 0.1) is 0 Å². The molecule has 0 unspecified atom stereocenters. The van der Waals surface area contributed by atoms with E-state index in [9.17, 15) is 19.2 Å². The van der Waals surface area contributed by atoms with E-state index >= 15 is 0 Å². The van der Waals surface area contributed by atoms with Crippen LogP contribution < -0.4 is 33.2 Å². The number of nitrogens with two attached hydrogens (primary N) is 3. The highest BCUT2D eigenvalue weighted by Crippen LogP contribution is 2.02. The SMILES string of the molecule is CC[C@H](NC(=O)[C@H](CCCN=C(N)N)NC(=O)[C@H](C)NC(C)=O)C(N)=O. The van der Waals surface area contributed by atoms with E-state index in [1.807, 2.05) is 0 Å². The Labute approximate surface area is 152 Å². The highest BCUT2D eigenvalue weighted by molar-refractivity contribution is 5.93. The third-order valence-corrected chi connectivity index (χ3v) is 3.46. The number of amides is 4. The van der Waals surface area contributed by atoms with Crippen molar-refractivity contribution < 1.29 is 19.2 Å². The molecule has 0 saturated carbocycles. The summed E-state index contributed by atoms with van der Waals surface area (Å²) in [5.74, 6) is -2.20. The highest BCUT2D eigenvalue weighted by Gasteiger charge is 2.26. The van der Waals surface area contributed by atoms with Crippen LogP contribution >= 0.6 is 0 Å². The molecule has 0 spiro atoms. The first-order valence-corrected chi connectivity index (χ1v) is 8.31. The Hall–Kier alpha value is -2.85. The maximum absolute atomic E-state index is 12.4. The summed E-state index contributed by atoms with van der Waals surface area (Å²) in [7, 11) is 0. The number of primary amides is 1. The molecule has 3 atom stereocenters. The van der Waals surface area contributed by atoms with Gasteiger partial charge in [0.15, 0.2) is 5.96 Å². The molecule has 0 aromatic carbocycles. The van der Waals surface area contributed by atoms with Crippen molar-refractivity contribution in [2.75, 3.05) is 6.54 Å². The van der Waals surface area contributed by atoms with E-state index in [4.69, 9.17) is 17.2 Å². The maximum Gasteiger partial charge on any atom is 0.243 e. The number of rotatable bonds is 11. The van der Waals surface area contributed by atoms with E-state index in [1.54, 1.807) is 6.92 Å². The van der Waals surface area contributed by atoms with Crippen molar-refractivity contribution in [3.63, 3.8) is 0 Å². The lowest BCUT2D eigenvalue weighted by Crippen LogP contribution is -2.55. The largest absolute Gasteiger partial charge is 0.370 e. The van der Waals surface area contributed by atoms with Crippen molar-refractivity contribution in [3.8, 4) is 0 Å². The van der Waals surface area contributed by atoms with Gasteiger partial charge in [-0.3, -0.25) is 24.2 Å². The molecule has 11 nitrogen and oxygen atoms in total. The molecule has 0 saturated heterocycles. The second-order valence-electron chi connectivity index (χ2n) is 5.80. The van der Waals surface area contributed by atoms with Gasteiger partial charge in [0.1, 0.15) is 18.1 Å². The molecule has 0 heterocycles. The molecule has 11 heteroatoms. The fourth-order valence-corrected chi connectivity index (χ4v) is 2.09. The quantitative estimate of drug-likeness (QED) is 0.131. The van der Waals surface area contributed by atoms with Crippen LogP contribution in [-0.2, 0) is 19.2 Å². The Morgan fingerprint density at radius 2 is 1.54 bits per heavy atom. The molecule has 9 N–H and O–H groups in total. The van der Waals surface area contributed by atoms with E-state index in [0.29, 0.717) is 12.8 Å². The first kappa shape index (κ1) is 23.1. The number of nitrogens with zero attached hydrogens (tertiary/aromatic N) is 1. The highest BCUT2D eigenvalue weighted by atomic mass is 16.2. The molecule has 0 fully saturated rings. The summed E-state index contributed by atoms with van der Waals surface area (Å²) in [5, 5.41) is 7.48. The van der Waals surface area contributed by atoms with Gasteiger partial charge in [-0.25, -0.2) is 0 Å². The summed E-state index contributed by atoms with van der Waals surface area (Å²) in [6.45, 7) is 4.74. The first-order valence-electron chi connectivity index (χ1n) is 8.31. The minimum absolute atomic E-state index is 0.0749. The predicted octanol–water partition coefficient (Wildman–Crippen LogP) is -2.57. The summed E-state index contributed by atoms with van der Waals surface area (Å²) < 4.78 is 0. The van der Waals surface area contributed by atoms with Gasteiger partial charge < -0.3 is 33.2 Å². The van der Waals surface area contributed by atoms with Crippen molar-refractivity contribution in [2.24, 2.45) is 22.2 Å². The lowest BCUT2D eigenvalue weighted by atomic mass is 10.1. The van der Waals surface area contributed by atoms with E-state index in [1.165, 1.54) is 13.8 Å². The third kappa shape index (κ3) is 9.45. The molecule has 4 amide bonds. The van der Waals surface area contributed by atoms with Crippen LogP contribution in [0.2, 0.25) is 0 Å². The number of nitrogens with one attached hydrogen (secondary N) is 3. The third-order valence-electron chi connectivity index (χ3n) is 3.46. The Bertz CT molecular complexity index is 546. The van der Waals surface area contributed by atoms with Crippen LogP contribution in [0.3, 0.4) is 0 Å². The number of hydrogen-bond acceptors (Lipinski definition) is 5. The normalized spacial score (nSPS) is 13.7. The number of carbonyl (C=O) groups is 4. The maximum atomic E-state index is 12.4. The zero-order chi connectivity index (χ0) is 20.3. The lowest BCUT2D eigenvalue weighted by Gasteiger charge is -2.23. The Morgan fingerprint density at radius 1 is 0.962 bits per heavy atom. The standard InChI is InChI=1S/C15H29N7O4/c1-4-10(12(16)24)21-14(26)11(6-5-7-19-15(17)18)22-13(25)8(2)20-9(3)23/h8,10-11H,4-7H2,1-3H3,(H2,16,24)(H,20,23)(H,21,26)(H,22,25)(H4,17,18,19)/t8-,10-,11-/m0/s1. The average molecular weight is 371 g/mol. The summed E-state index contributed by atoms with van der Waals surface area (Å²) >= 11 is 0. The summed E-state index contributed by atoms with van der Waals surface area (Å²) in [4.78, 5) is 50.7. The topological polar surface area (TPSA) is 195 Å². The van der Waals surface area contributed by atoms with Crippen molar-refractivity contribution in [1.82, 2.24) is 16.0 Å². The molecule has 0 aliphatic rings. The van der Waals surface area contributed by atoms with Gasteiger partial charge in [-0.1, -0.05) is 6.92 Å². The zero-order valence-corrected chi connectivity index (χ0v) is 15.4. The van der Waals surface area contributed by atoms with Gasteiger partial charge in [0.2, 0.25) is 23.6 Å². The van der Waals surface area contributed by atoms with Crippen molar-refractivity contribution in [1.29, 1.82) is 0 Å². The van der Waals surface area contributed by atoms with Crippen molar-refractivity contribution in [2.45, 2.75) is 58.2 Å². The van der Waals surface area contributed by atoms with Crippen molar-refractivity contribution >= 4 is 29.6 Å². The molecule has 0 aliphatic heterocycles. The molecular formula is C15H29N7O4. The Kier molecular flexibility index (Phi) is 10.4. The Balaban J connectivity index is 4.99. The molecule has 0 bridgehead atoms. The van der Waals surface area contributed by atoms with Gasteiger partial charge in [0, 0.05) is 13.5 Å². The number of carbonyl (C=O) groups excluding carboxylic acids is 4.